The van der Waals surface area contributed by atoms with Crippen molar-refractivity contribution in [2.45, 2.75) is 32.7 Å². The van der Waals surface area contributed by atoms with Crippen LogP contribution in [-0.2, 0) is 12.0 Å². The second-order valence-corrected chi connectivity index (χ2v) is 12.9. The lowest BCUT2D eigenvalue weighted by Crippen LogP contribution is -2.23. The Bertz CT molecular complexity index is 2210. The van der Waals surface area contributed by atoms with Crippen LogP contribution >= 0.6 is 0 Å². The van der Waals surface area contributed by atoms with E-state index in [9.17, 15) is 0 Å². The Hall–Kier alpha value is -5.68. The molecule has 8 rings (SSSR count). The zero-order valence-corrected chi connectivity index (χ0v) is 26.2. The predicted molar refractivity (Wildman–Crippen MR) is 187 cm³/mol. The number of ether oxygens (including phenoxy) is 1. The molecule has 0 fully saturated rings. The third-order valence-electron chi connectivity index (χ3n) is 8.76. The van der Waals surface area contributed by atoms with Gasteiger partial charge in [-0.3, -0.25) is 4.57 Å². The van der Waals surface area contributed by atoms with Crippen LogP contribution in [0.25, 0.3) is 39.0 Å². The van der Waals surface area contributed by atoms with E-state index in [1.165, 1.54) is 27.8 Å². The number of imidazole rings is 1. The van der Waals surface area contributed by atoms with E-state index in [2.05, 4.69) is 132 Å². The van der Waals surface area contributed by atoms with Crippen LogP contribution in [0.15, 0.2) is 140 Å². The Morgan fingerprint density at radius 2 is 1.46 bits per heavy atom. The molecular formula is C41H34N4O. The highest BCUT2D eigenvalue weighted by molar-refractivity contribution is 5.89. The van der Waals surface area contributed by atoms with E-state index in [4.69, 9.17) is 9.72 Å². The predicted octanol–water partition coefficient (Wildman–Crippen LogP) is 10.5. The first-order valence-corrected chi connectivity index (χ1v) is 15.7. The molecule has 1 aliphatic rings. The quantitative estimate of drug-likeness (QED) is 0.198. The minimum absolute atomic E-state index is 0.00519. The summed E-state index contributed by atoms with van der Waals surface area (Å²) in [6, 6.07) is 44.4. The van der Waals surface area contributed by atoms with Crippen molar-refractivity contribution in [2.75, 3.05) is 4.90 Å². The summed E-state index contributed by atoms with van der Waals surface area (Å²) in [4.78, 5) is 11.8. The molecule has 1 aliphatic heterocycles. The molecule has 0 unspecified atom stereocenters. The lowest BCUT2D eigenvalue weighted by molar-refractivity contribution is 0.482. The van der Waals surface area contributed by atoms with Gasteiger partial charge in [0.1, 0.15) is 23.6 Å². The number of rotatable bonds is 5. The SMILES string of the molecule is CC(C)(C)c1ccnc(N2Cc3cc(-c4ccccc4)ccc3-c3ccc(Oc4cccc(-n5cnc6ccccc65)c4)cc32)c1. The minimum atomic E-state index is 0.00519. The molecule has 0 radical (unpaired) electrons. The molecule has 5 heteroatoms. The van der Waals surface area contributed by atoms with Gasteiger partial charge in [-0.1, -0.05) is 81.4 Å². The van der Waals surface area contributed by atoms with Gasteiger partial charge in [-0.25, -0.2) is 9.97 Å². The summed E-state index contributed by atoms with van der Waals surface area (Å²) < 4.78 is 8.63. The van der Waals surface area contributed by atoms with Gasteiger partial charge in [0.2, 0.25) is 0 Å². The summed E-state index contributed by atoms with van der Waals surface area (Å²) >= 11 is 0. The fourth-order valence-electron chi connectivity index (χ4n) is 6.31. The van der Waals surface area contributed by atoms with E-state index < -0.39 is 0 Å². The lowest BCUT2D eigenvalue weighted by Gasteiger charge is -2.33. The van der Waals surface area contributed by atoms with Gasteiger partial charge in [0.15, 0.2) is 0 Å². The Kier molecular flexibility index (Phi) is 6.68. The first-order chi connectivity index (χ1) is 22.4. The van der Waals surface area contributed by atoms with Gasteiger partial charge in [0, 0.05) is 23.9 Å². The molecule has 3 heterocycles. The first kappa shape index (κ1) is 27.8. The maximum absolute atomic E-state index is 6.54. The molecule has 46 heavy (non-hydrogen) atoms. The molecule has 0 bridgehead atoms. The van der Waals surface area contributed by atoms with Crippen molar-refractivity contribution in [2.24, 2.45) is 0 Å². The number of nitrogens with zero attached hydrogens (tertiary/aromatic N) is 4. The molecule has 0 N–H and O–H groups in total. The highest BCUT2D eigenvalue weighted by atomic mass is 16.5. The summed E-state index contributed by atoms with van der Waals surface area (Å²) in [6.07, 6.45) is 3.79. The Labute approximate surface area is 269 Å². The fourth-order valence-corrected chi connectivity index (χ4v) is 6.31. The van der Waals surface area contributed by atoms with Gasteiger partial charge >= 0.3 is 0 Å². The Morgan fingerprint density at radius 1 is 0.652 bits per heavy atom. The topological polar surface area (TPSA) is 43.2 Å². The second kappa shape index (κ2) is 11.0. The third kappa shape index (κ3) is 5.10. The standard InChI is InChI=1S/C41H34N4O/c1-41(2,3)31-20-21-42-40(23-31)44-26-30-22-29(28-10-5-4-6-11-28)16-18-35(30)36-19-17-34(25-39(36)44)46-33-13-9-12-32(24-33)45-27-43-37-14-7-8-15-38(37)45/h4-25,27H,26H2,1-3H3. The number of benzene rings is 5. The monoisotopic (exact) mass is 598 g/mol. The highest BCUT2D eigenvalue weighted by Crippen LogP contribution is 2.46. The smallest absolute Gasteiger partial charge is 0.133 e. The van der Waals surface area contributed by atoms with E-state index in [-0.39, 0.29) is 5.41 Å². The molecule has 224 valence electrons. The fraction of sp³-hybridized carbons (Fsp3) is 0.122. The van der Waals surface area contributed by atoms with E-state index in [0.717, 1.165) is 45.3 Å². The van der Waals surface area contributed by atoms with E-state index in [1.54, 1.807) is 0 Å². The molecule has 0 amide bonds. The molecular weight excluding hydrogens is 564 g/mol. The molecule has 7 aromatic rings. The number of anilines is 2. The summed E-state index contributed by atoms with van der Waals surface area (Å²) in [5.74, 6) is 2.46. The molecule has 5 aromatic carbocycles. The number of aromatic nitrogens is 3. The van der Waals surface area contributed by atoms with Gasteiger partial charge in [-0.15, -0.1) is 0 Å². The number of pyridine rings is 1. The largest absolute Gasteiger partial charge is 0.457 e. The Balaban J connectivity index is 1.20. The van der Waals surface area contributed by atoms with Crippen LogP contribution < -0.4 is 9.64 Å². The van der Waals surface area contributed by atoms with Crippen molar-refractivity contribution >= 4 is 22.5 Å². The van der Waals surface area contributed by atoms with Gasteiger partial charge < -0.3 is 9.64 Å². The van der Waals surface area contributed by atoms with Crippen molar-refractivity contribution in [1.29, 1.82) is 0 Å². The van der Waals surface area contributed by atoms with E-state index >= 15 is 0 Å². The second-order valence-electron chi connectivity index (χ2n) is 12.9. The first-order valence-electron chi connectivity index (χ1n) is 15.7. The summed E-state index contributed by atoms with van der Waals surface area (Å²) in [7, 11) is 0. The van der Waals surface area contributed by atoms with Crippen LogP contribution in [0, 0.1) is 0 Å². The van der Waals surface area contributed by atoms with Crippen LogP contribution in [-0.4, -0.2) is 14.5 Å². The zero-order chi connectivity index (χ0) is 31.3. The van der Waals surface area contributed by atoms with Crippen molar-refractivity contribution in [1.82, 2.24) is 14.5 Å². The number of fused-ring (bicyclic) bond motifs is 4. The maximum Gasteiger partial charge on any atom is 0.133 e. The maximum atomic E-state index is 6.54. The molecule has 0 saturated heterocycles. The summed E-state index contributed by atoms with van der Waals surface area (Å²) in [6.45, 7) is 7.43. The van der Waals surface area contributed by atoms with Gasteiger partial charge in [0.25, 0.3) is 0 Å². The minimum Gasteiger partial charge on any atom is -0.457 e. The van der Waals surface area contributed by atoms with Crippen molar-refractivity contribution in [3.8, 4) is 39.4 Å². The van der Waals surface area contributed by atoms with Crippen LogP contribution in [0.3, 0.4) is 0 Å². The van der Waals surface area contributed by atoms with Crippen molar-refractivity contribution in [3.63, 3.8) is 0 Å². The number of para-hydroxylation sites is 2. The molecule has 0 aliphatic carbocycles. The third-order valence-corrected chi connectivity index (χ3v) is 8.76. The molecule has 0 saturated carbocycles. The molecule has 5 nitrogen and oxygen atoms in total. The highest BCUT2D eigenvalue weighted by Gasteiger charge is 2.26. The van der Waals surface area contributed by atoms with Crippen molar-refractivity contribution in [3.05, 3.63) is 151 Å². The van der Waals surface area contributed by atoms with E-state index in [0.29, 0.717) is 6.54 Å². The van der Waals surface area contributed by atoms with E-state index in [1.807, 2.05) is 42.9 Å². The van der Waals surface area contributed by atoms with Crippen LogP contribution in [0.4, 0.5) is 11.5 Å². The average molecular weight is 599 g/mol. The van der Waals surface area contributed by atoms with Crippen LogP contribution in [0.1, 0.15) is 31.9 Å². The zero-order valence-electron chi connectivity index (χ0n) is 26.2. The van der Waals surface area contributed by atoms with Crippen molar-refractivity contribution < 1.29 is 4.74 Å². The lowest BCUT2D eigenvalue weighted by atomic mass is 9.87. The Morgan fingerprint density at radius 3 is 2.33 bits per heavy atom. The average Bonchev–Trinajstić information content (AvgIpc) is 3.52. The number of hydrogen-bond donors (Lipinski definition) is 0. The summed E-state index contributed by atoms with van der Waals surface area (Å²) in [5, 5.41) is 0. The number of hydrogen-bond acceptors (Lipinski definition) is 4. The van der Waals surface area contributed by atoms with Crippen LogP contribution in [0.2, 0.25) is 0 Å². The van der Waals surface area contributed by atoms with Gasteiger partial charge in [-0.2, -0.15) is 0 Å². The normalized spacial score (nSPS) is 12.5. The molecule has 0 atom stereocenters. The van der Waals surface area contributed by atoms with Gasteiger partial charge in [-0.05, 0) is 87.8 Å². The molecule has 0 spiro atoms. The summed E-state index contributed by atoms with van der Waals surface area (Å²) in [5.41, 5.74) is 11.4. The van der Waals surface area contributed by atoms with Gasteiger partial charge in [0.05, 0.1) is 29.0 Å². The van der Waals surface area contributed by atoms with Crippen LogP contribution in [0.5, 0.6) is 11.5 Å². The molecule has 2 aromatic heterocycles.